The van der Waals surface area contributed by atoms with Crippen molar-refractivity contribution in [3.63, 3.8) is 0 Å². The molecule has 0 amide bonds. The van der Waals surface area contributed by atoms with Crippen LogP contribution >= 0.6 is 23.2 Å². The van der Waals surface area contributed by atoms with Crippen LogP contribution in [-0.4, -0.2) is 18.2 Å². The quantitative estimate of drug-likeness (QED) is 0.534. The summed E-state index contributed by atoms with van der Waals surface area (Å²) < 4.78 is 10.7. The smallest absolute Gasteiger partial charge is 0.348 e. The highest BCUT2D eigenvalue weighted by molar-refractivity contribution is 6.35. The van der Waals surface area contributed by atoms with Gasteiger partial charge in [0.05, 0.1) is 7.11 Å². The average Bonchev–Trinajstić information content (AvgIpc) is 2.94. The highest BCUT2D eigenvalue weighted by Gasteiger charge is 2.31. The van der Waals surface area contributed by atoms with E-state index in [0.717, 1.165) is 22.1 Å². The van der Waals surface area contributed by atoms with Crippen molar-refractivity contribution in [2.45, 2.75) is 0 Å². The number of aliphatic hydroxyl groups is 1. The van der Waals surface area contributed by atoms with E-state index in [4.69, 9.17) is 32.7 Å². The van der Waals surface area contributed by atoms with Crippen molar-refractivity contribution in [1.29, 1.82) is 0 Å². The summed E-state index contributed by atoms with van der Waals surface area (Å²) in [4.78, 5) is 12.4. The van der Waals surface area contributed by atoms with Crippen LogP contribution in [0.1, 0.15) is 11.1 Å². The molecule has 28 heavy (non-hydrogen) atoms. The Morgan fingerprint density at radius 2 is 1.68 bits per heavy atom. The van der Waals surface area contributed by atoms with E-state index in [9.17, 15) is 9.90 Å². The number of cyclic esters (lactones) is 1. The summed E-state index contributed by atoms with van der Waals surface area (Å²) in [5, 5.41) is 13.2. The normalized spacial score (nSPS) is 15.4. The lowest BCUT2D eigenvalue weighted by molar-refractivity contribution is -0.131. The van der Waals surface area contributed by atoms with Gasteiger partial charge in [-0.25, -0.2) is 4.79 Å². The number of methoxy groups -OCH3 is 1. The minimum Gasteiger partial charge on any atom is -0.504 e. The molecule has 3 aromatic carbocycles. The average molecular weight is 413 g/mol. The van der Waals surface area contributed by atoms with Gasteiger partial charge in [0.1, 0.15) is 11.3 Å². The van der Waals surface area contributed by atoms with Gasteiger partial charge < -0.3 is 14.6 Å². The number of halogens is 2. The molecule has 0 saturated heterocycles. The molecule has 1 N–H and O–H groups in total. The summed E-state index contributed by atoms with van der Waals surface area (Å²) in [6.07, 6.45) is 1.62. The fourth-order valence-corrected chi connectivity index (χ4v) is 3.74. The van der Waals surface area contributed by atoms with Crippen LogP contribution in [0, 0.1) is 0 Å². The van der Waals surface area contributed by atoms with Crippen LogP contribution in [0.5, 0.6) is 5.75 Å². The molecule has 0 bridgehead atoms. The van der Waals surface area contributed by atoms with Gasteiger partial charge in [-0.2, -0.15) is 0 Å². The van der Waals surface area contributed by atoms with E-state index >= 15 is 0 Å². The van der Waals surface area contributed by atoms with Crippen molar-refractivity contribution < 1.29 is 19.4 Å². The Kier molecular flexibility index (Phi) is 4.75. The Balaban J connectivity index is 1.85. The van der Waals surface area contributed by atoms with Gasteiger partial charge in [-0.15, -0.1) is 0 Å². The number of hydrogen-bond acceptors (Lipinski definition) is 4. The van der Waals surface area contributed by atoms with Crippen LogP contribution in [0.25, 0.3) is 22.4 Å². The molecule has 140 valence electrons. The van der Waals surface area contributed by atoms with Crippen molar-refractivity contribution in [3.05, 3.63) is 87.3 Å². The second-order valence-electron chi connectivity index (χ2n) is 6.18. The number of rotatable bonds is 3. The Hall–Kier alpha value is -2.95. The molecule has 0 aliphatic carbocycles. The predicted octanol–water partition coefficient (Wildman–Crippen LogP) is 6.02. The van der Waals surface area contributed by atoms with E-state index in [-0.39, 0.29) is 17.1 Å². The molecule has 4 rings (SSSR count). The highest BCUT2D eigenvalue weighted by Crippen LogP contribution is 2.36. The van der Waals surface area contributed by atoms with E-state index in [1.54, 1.807) is 31.4 Å². The lowest BCUT2D eigenvalue weighted by Crippen LogP contribution is -1.98. The van der Waals surface area contributed by atoms with Gasteiger partial charge >= 0.3 is 5.97 Å². The third-order valence-electron chi connectivity index (χ3n) is 4.45. The van der Waals surface area contributed by atoms with Gasteiger partial charge in [-0.05, 0) is 46.9 Å². The first kappa shape index (κ1) is 18.4. The molecule has 0 spiro atoms. The molecule has 3 aromatic rings. The van der Waals surface area contributed by atoms with E-state index in [1.807, 2.05) is 36.4 Å². The Labute approximate surface area is 171 Å². The standard InChI is InChI=1S/C22H14Cl2O4/c1-27-18-7-6-12(16-4-2-3-5-17(16)18)10-19-21(25)20(22(26)28-19)13-8-14(23)11-15(24)9-13/h2-11,25H,1H3. The predicted molar refractivity (Wildman–Crippen MR) is 111 cm³/mol. The fourth-order valence-electron chi connectivity index (χ4n) is 3.21. The van der Waals surface area contributed by atoms with Gasteiger partial charge in [-0.1, -0.05) is 53.5 Å². The van der Waals surface area contributed by atoms with E-state index in [0.29, 0.717) is 15.6 Å². The first-order valence-electron chi connectivity index (χ1n) is 8.37. The second-order valence-corrected chi connectivity index (χ2v) is 7.06. The Morgan fingerprint density at radius 1 is 1.00 bits per heavy atom. The Morgan fingerprint density at radius 3 is 2.36 bits per heavy atom. The molecule has 4 nitrogen and oxygen atoms in total. The monoisotopic (exact) mass is 412 g/mol. The topological polar surface area (TPSA) is 55.8 Å². The van der Waals surface area contributed by atoms with Crippen LogP contribution < -0.4 is 4.74 Å². The second kappa shape index (κ2) is 7.23. The number of hydrogen-bond donors (Lipinski definition) is 1. The summed E-state index contributed by atoms with van der Waals surface area (Å²) in [5.74, 6) is -0.135. The van der Waals surface area contributed by atoms with Gasteiger partial charge in [0, 0.05) is 15.4 Å². The summed E-state index contributed by atoms with van der Waals surface area (Å²) in [5.41, 5.74) is 1.19. The maximum Gasteiger partial charge on any atom is 0.348 e. The zero-order valence-electron chi connectivity index (χ0n) is 14.7. The Bertz CT molecular complexity index is 1160. The molecular weight excluding hydrogens is 399 g/mol. The molecule has 0 unspecified atom stereocenters. The molecular formula is C22H14Cl2O4. The number of fused-ring (bicyclic) bond motifs is 1. The summed E-state index contributed by atoms with van der Waals surface area (Å²) in [7, 11) is 1.61. The van der Waals surface area contributed by atoms with Crippen LogP contribution in [0.3, 0.4) is 0 Å². The first-order chi connectivity index (χ1) is 13.5. The van der Waals surface area contributed by atoms with Gasteiger partial charge in [0.25, 0.3) is 0 Å². The number of benzene rings is 3. The van der Waals surface area contributed by atoms with Crippen LogP contribution in [0.4, 0.5) is 0 Å². The fraction of sp³-hybridized carbons (Fsp3) is 0.0455. The van der Waals surface area contributed by atoms with Gasteiger partial charge in [-0.3, -0.25) is 0 Å². The van der Waals surface area contributed by atoms with E-state index in [1.165, 1.54) is 0 Å². The zero-order valence-corrected chi connectivity index (χ0v) is 16.2. The lowest BCUT2D eigenvalue weighted by atomic mass is 10.0. The van der Waals surface area contributed by atoms with Crippen molar-refractivity contribution in [3.8, 4) is 5.75 Å². The highest BCUT2D eigenvalue weighted by atomic mass is 35.5. The van der Waals surface area contributed by atoms with Crippen molar-refractivity contribution in [2.24, 2.45) is 0 Å². The molecule has 0 fully saturated rings. The summed E-state index contributed by atoms with van der Waals surface area (Å²) in [6.45, 7) is 0. The molecule has 6 heteroatoms. The van der Waals surface area contributed by atoms with Gasteiger partial charge in [0.2, 0.25) is 0 Å². The first-order valence-corrected chi connectivity index (χ1v) is 9.13. The third-order valence-corrected chi connectivity index (χ3v) is 4.89. The maximum atomic E-state index is 12.4. The van der Waals surface area contributed by atoms with Crippen LogP contribution in [-0.2, 0) is 9.53 Å². The number of carbonyl (C=O) groups excluding carboxylic acids is 1. The molecule has 1 aliphatic heterocycles. The number of ether oxygens (including phenoxy) is 2. The van der Waals surface area contributed by atoms with Gasteiger partial charge in [0.15, 0.2) is 11.5 Å². The van der Waals surface area contributed by atoms with Crippen molar-refractivity contribution in [2.75, 3.05) is 7.11 Å². The van der Waals surface area contributed by atoms with E-state index < -0.39 is 5.97 Å². The molecule has 0 aromatic heterocycles. The molecule has 0 saturated carbocycles. The number of esters is 1. The minimum absolute atomic E-state index is 0.0217. The molecule has 0 radical (unpaired) electrons. The number of aliphatic hydroxyl groups excluding tert-OH is 1. The molecule has 0 atom stereocenters. The van der Waals surface area contributed by atoms with Crippen LogP contribution in [0.2, 0.25) is 10.0 Å². The third kappa shape index (κ3) is 3.21. The molecule has 1 heterocycles. The van der Waals surface area contributed by atoms with Crippen LogP contribution in [0.15, 0.2) is 66.1 Å². The van der Waals surface area contributed by atoms with Crippen molar-refractivity contribution in [1.82, 2.24) is 0 Å². The maximum absolute atomic E-state index is 12.4. The summed E-state index contributed by atoms with van der Waals surface area (Å²) in [6, 6.07) is 16.0. The zero-order chi connectivity index (χ0) is 19.8. The largest absolute Gasteiger partial charge is 0.504 e. The SMILES string of the molecule is COc1ccc(C=C2OC(=O)C(c3cc(Cl)cc(Cl)c3)=C2O)c2ccccc12. The minimum atomic E-state index is -0.667. The summed E-state index contributed by atoms with van der Waals surface area (Å²) >= 11 is 12.0. The van der Waals surface area contributed by atoms with E-state index in [2.05, 4.69) is 0 Å². The van der Waals surface area contributed by atoms with Crippen molar-refractivity contribution >= 4 is 51.6 Å². The molecule has 1 aliphatic rings. The lowest BCUT2D eigenvalue weighted by Gasteiger charge is -2.08. The number of carbonyl (C=O) groups is 1.